The summed E-state index contributed by atoms with van der Waals surface area (Å²) in [6.07, 6.45) is 0. The van der Waals surface area contributed by atoms with Crippen molar-refractivity contribution < 1.29 is 19.1 Å². The van der Waals surface area contributed by atoms with Gasteiger partial charge in [0.2, 0.25) is 12.7 Å². The topological polar surface area (TPSA) is 74.9 Å². The van der Waals surface area contributed by atoms with Crippen LogP contribution in [0.5, 0.6) is 11.5 Å². The van der Waals surface area contributed by atoms with Crippen molar-refractivity contribution in [3.63, 3.8) is 0 Å². The van der Waals surface area contributed by atoms with Gasteiger partial charge in [-0.25, -0.2) is 4.79 Å². The van der Waals surface area contributed by atoms with Crippen molar-refractivity contribution in [3.8, 4) is 11.5 Å². The van der Waals surface area contributed by atoms with E-state index in [1.54, 1.807) is 11.9 Å². The van der Waals surface area contributed by atoms with E-state index in [-0.39, 0.29) is 30.7 Å². The quantitative estimate of drug-likeness (QED) is 0.710. The van der Waals surface area contributed by atoms with E-state index in [2.05, 4.69) is 4.98 Å². The highest BCUT2D eigenvalue weighted by Crippen LogP contribution is 2.47. The molecule has 1 unspecified atom stereocenters. The van der Waals surface area contributed by atoms with Crippen LogP contribution in [0.1, 0.15) is 28.8 Å². The normalized spacial score (nSPS) is 22.8. The fraction of sp³-hybridized carbons (Fsp3) is 0.238. The molecule has 2 atom stereocenters. The number of aromatic amines is 1. The van der Waals surface area contributed by atoms with Crippen LogP contribution in [-0.2, 0) is 4.79 Å². The first-order valence-electron chi connectivity index (χ1n) is 9.21. The first kappa shape index (κ1) is 15.6. The zero-order chi connectivity index (χ0) is 19.0. The predicted molar refractivity (Wildman–Crippen MR) is 100 cm³/mol. The average Bonchev–Trinajstić information content (AvgIpc) is 3.33. The second-order valence-electron chi connectivity index (χ2n) is 7.40. The second kappa shape index (κ2) is 5.28. The number of imide groups is 1. The van der Waals surface area contributed by atoms with Gasteiger partial charge in [0, 0.05) is 30.2 Å². The minimum atomic E-state index is -0.362. The number of nitrogens with zero attached hydrogens (tertiary/aromatic N) is 2. The molecule has 1 aromatic heterocycles. The Hall–Kier alpha value is -3.48. The summed E-state index contributed by atoms with van der Waals surface area (Å²) in [7, 11) is 1.56. The third kappa shape index (κ3) is 1.88. The van der Waals surface area contributed by atoms with Crippen LogP contribution in [0, 0.1) is 0 Å². The van der Waals surface area contributed by atoms with Crippen molar-refractivity contribution in [2.24, 2.45) is 0 Å². The highest BCUT2D eigenvalue weighted by molar-refractivity contribution is 6.04. The molecule has 3 aromatic rings. The minimum Gasteiger partial charge on any atom is -0.454 e. The number of likely N-dealkylation sites (N-methyl/N-ethyl adjacent to an activating group) is 1. The van der Waals surface area contributed by atoms with E-state index in [1.165, 1.54) is 4.90 Å². The van der Waals surface area contributed by atoms with Gasteiger partial charge in [-0.15, -0.1) is 0 Å². The van der Waals surface area contributed by atoms with Crippen molar-refractivity contribution in [2.75, 3.05) is 20.4 Å². The number of carbonyl (C=O) groups is 2. The number of H-pyrrole nitrogens is 1. The fourth-order valence-corrected chi connectivity index (χ4v) is 4.67. The van der Waals surface area contributed by atoms with Crippen molar-refractivity contribution in [1.82, 2.24) is 14.8 Å². The zero-order valence-corrected chi connectivity index (χ0v) is 15.1. The van der Waals surface area contributed by atoms with Crippen molar-refractivity contribution in [3.05, 3.63) is 59.3 Å². The molecule has 140 valence electrons. The lowest BCUT2D eigenvalue weighted by Crippen LogP contribution is -2.57. The van der Waals surface area contributed by atoms with E-state index in [0.29, 0.717) is 18.0 Å². The summed E-state index contributed by atoms with van der Waals surface area (Å²) >= 11 is 0. The van der Waals surface area contributed by atoms with Crippen LogP contribution in [0.3, 0.4) is 0 Å². The highest BCUT2D eigenvalue weighted by atomic mass is 16.7. The van der Waals surface area contributed by atoms with Crippen LogP contribution in [0.2, 0.25) is 0 Å². The molecule has 28 heavy (non-hydrogen) atoms. The van der Waals surface area contributed by atoms with Crippen LogP contribution in [0.15, 0.2) is 42.5 Å². The third-order valence-corrected chi connectivity index (χ3v) is 5.96. The molecule has 1 N–H and O–H groups in total. The molecule has 1 fully saturated rings. The number of fused-ring (bicyclic) bond motifs is 7. The van der Waals surface area contributed by atoms with Gasteiger partial charge in [0.15, 0.2) is 11.5 Å². The van der Waals surface area contributed by atoms with Crippen LogP contribution < -0.4 is 9.47 Å². The number of ether oxygens (including phenoxy) is 2. The van der Waals surface area contributed by atoms with Crippen LogP contribution >= 0.6 is 0 Å². The molecule has 0 spiro atoms. The lowest BCUT2D eigenvalue weighted by Gasteiger charge is -2.45. The highest BCUT2D eigenvalue weighted by Gasteiger charge is 2.48. The number of aromatic nitrogens is 1. The van der Waals surface area contributed by atoms with E-state index in [9.17, 15) is 9.59 Å². The molecule has 7 nitrogen and oxygen atoms in total. The standard InChI is InChI=1S/C21H17N3O4/c1-23-20(25)13-9-24(21(23)26)19(11-6-7-15-16(8-11)28-10-27-15)18-17(13)12-4-2-3-5-14(12)22-18/h2-8,13,19,22H,9-10H2,1H3/t13?,19-/m1/s1. The van der Waals surface area contributed by atoms with Crippen LogP contribution in [0.25, 0.3) is 10.9 Å². The maximum atomic E-state index is 12.9. The van der Waals surface area contributed by atoms with Crippen LogP contribution in [0.4, 0.5) is 4.79 Å². The molecule has 4 heterocycles. The number of urea groups is 1. The zero-order valence-electron chi connectivity index (χ0n) is 15.1. The van der Waals surface area contributed by atoms with Crippen molar-refractivity contribution >= 4 is 22.8 Å². The Bertz CT molecular complexity index is 1170. The maximum Gasteiger partial charge on any atom is 0.327 e. The molecule has 1 saturated heterocycles. The first-order chi connectivity index (χ1) is 13.6. The SMILES string of the molecule is CN1C(=O)C2CN(C1=O)[C@H](c1ccc3c(c1)OCO3)c1[nH]c3ccccc3c12. The Labute approximate surface area is 160 Å². The van der Waals surface area contributed by atoms with Gasteiger partial charge >= 0.3 is 6.03 Å². The maximum absolute atomic E-state index is 12.9. The number of amides is 3. The number of hydrogen-bond acceptors (Lipinski definition) is 4. The van der Waals surface area contributed by atoms with Gasteiger partial charge in [-0.05, 0) is 29.3 Å². The Morgan fingerprint density at radius 3 is 2.79 bits per heavy atom. The summed E-state index contributed by atoms with van der Waals surface area (Å²) in [6.45, 7) is 0.568. The molecule has 3 aliphatic heterocycles. The Morgan fingerprint density at radius 1 is 1.07 bits per heavy atom. The van der Waals surface area contributed by atoms with Gasteiger partial charge in [-0.1, -0.05) is 24.3 Å². The number of rotatable bonds is 1. The predicted octanol–water partition coefficient (Wildman–Crippen LogP) is 2.98. The molecule has 0 radical (unpaired) electrons. The Morgan fingerprint density at radius 2 is 1.89 bits per heavy atom. The van der Waals surface area contributed by atoms with Gasteiger partial charge in [0.25, 0.3) is 0 Å². The summed E-state index contributed by atoms with van der Waals surface area (Å²) in [5, 5.41) is 1.03. The van der Waals surface area contributed by atoms with Crippen molar-refractivity contribution in [2.45, 2.75) is 12.0 Å². The summed E-state index contributed by atoms with van der Waals surface area (Å²) in [6, 6.07) is 13.1. The molecule has 7 heteroatoms. The summed E-state index contributed by atoms with van der Waals surface area (Å²) in [4.78, 5) is 32.3. The number of hydrogen-bond donors (Lipinski definition) is 1. The van der Waals surface area contributed by atoms with Gasteiger partial charge in [-0.3, -0.25) is 9.69 Å². The first-order valence-corrected chi connectivity index (χ1v) is 9.21. The summed E-state index contributed by atoms with van der Waals surface area (Å²) in [5.41, 5.74) is 3.77. The molecule has 0 saturated carbocycles. The summed E-state index contributed by atoms with van der Waals surface area (Å²) < 4.78 is 11.0. The number of benzene rings is 2. The fourth-order valence-electron chi connectivity index (χ4n) is 4.67. The van der Waals surface area contributed by atoms with E-state index in [1.807, 2.05) is 42.5 Å². The molecule has 2 aromatic carbocycles. The van der Waals surface area contributed by atoms with Crippen molar-refractivity contribution in [1.29, 1.82) is 0 Å². The number of para-hydroxylation sites is 1. The molecule has 2 bridgehead atoms. The lowest BCUT2D eigenvalue weighted by molar-refractivity contribution is -0.132. The largest absolute Gasteiger partial charge is 0.454 e. The Balaban J connectivity index is 1.62. The summed E-state index contributed by atoms with van der Waals surface area (Å²) in [5.74, 6) is 0.855. The van der Waals surface area contributed by atoms with E-state index >= 15 is 0 Å². The van der Waals surface area contributed by atoms with E-state index in [4.69, 9.17) is 9.47 Å². The van der Waals surface area contributed by atoms with Gasteiger partial charge in [0.05, 0.1) is 12.0 Å². The van der Waals surface area contributed by atoms with Crippen LogP contribution in [-0.4, -0.2) is 47.1 Å². The van der Waals surface area contributed by atoms with Gasteiger partial charge in [0.1, 0.15) is 0 Å². The molecular formula is C21H17N3O4. The van der Waals surface area contributed by atoms with Gasteiger partial charge < -0.3 is 19.4 Å². The molecular weight excluding hydrogens is 358 g/mol. The lowest BCUT2D eigenvalue weighted by atomic mass is 9.83. The van der Waals surface area contributed by atoms with E-state index < -0.39 is 0 Å². The average molecular weight is 375 g/mol. The molecule has 6 rings (SSSR count). The second-order valence-corrected chi connectivity index (χ2v) is 7.40. The molecule has 0 aliphatic carbocycles. The monoisotopic (exact) mass is 375 g/mol. The smallest absolute Gasteiger partial charge is 0.327 e. The number of nitrogens with one attached hydrogen (secondary N) is 1. The minimum absolute atomic E-state index is 0.156. The van der Waals surface area contributed by atoms with Gasteiger partial charge in [-0.2, -0.15) is 0 Å². The molecule has 3 aliphatic rings. The Kier molecular flexibility index (Phi) is 2.94. The number of carbonyl (C=O) groups excluding carboxylic acids is 2. The van der Waals surface area contributed by atoms with E-state index in [0.717, 1.165) is 27.7 Å². The third-order valence-electron chi connectivity index (χ3n) is 5.96. The molecule has 3 amide bonds.